The van der Waals surface area contributed by atoms with Gasteiger partial charge in [-0.1, -0.05) is 12.1 Å². The van der Waals surface area contributed by atoms with E-state index in [2.05, 4.69) is 11.4 Å². The Morgan fingerprint density at radius 3 is 2.82 bits per heavy atom. The number of carbonyl (C=O) groups excluding carboxylic acids is 1. The number of phenols is 1. The maximum Gasteiger partial charge on any atom is 0.252 e. The average Bonchev–Trinajstić information content (AvgIpc) is 3.35. The number of nitrogens with two attached hydrogens (primary N) is 1. The lowest BCUT2D eigenvalue weighted by atomic mass is 9.98. The van der Waals surface area contributed by atoms with Crippen LogP contribution in [0.3, 0.4) is 0 Å². The molecule has 2 aromatic rings. The zero-order valence-corrected chi connectivity index (χ0v) is 15.4. The molecule has 4 rings (SSSR count). The SMILES string of the molecule is NC(=O)c1cc(C(O)C2CCC(CCc3ccc4c(c3)OCO4)N2)ccc1O. The molecule has 28 heavy (non-hydrogen) atoms. The summed E-state index contributed by atoms with van der Waals surface area (Å²) >= 11 is 0. The molecule has 0 radical (unpaired) electrons. The van der Waals surface area contributed by atoms with Crippen molar-refractivity contribution in [2.24, 2.45) is 5.73 Å². The number of rotatable bonds is 6. The Balaban J connectivity index is 1.35. The summed E-state index contributed by atoms with van der Waals surface area (Å²) in [6, 6.07) is 10.7. The Morgan fingerprint density at radius 1 is 1.18 bits per heavy atom. The first kappa shape index (κ1) is 18.6. The van der Waals surface area contributed by atoms with Crippen LogP contribution in [0.1, 0.15) is 46.9 Å². The number of primary amides is 1. The van der Waals surface area contributed by atoms with Crippen molar-refractivity contribution < 1.29 is 24.5 Å². The van der Waals surface area contributed by atoms with E-state index in [9.17, 15) is 15.0 Å². The van der Waals surface area contributed by atoms with Gasteiger partial charge in [0.25, 0.3) is 5.91 Å². The second kappa shape index (κ2) is 7.69. The van der Waals surface area contributed by atoms with Gasteiger partial charge in [-0.05, 0) is 61.1 Å². The molecule has 2 aromatic carbocycles. The minimum Gasteiger partial charge on any atom is -0.507 e. The molecule has 3 atom stereocenters. The average molecular weight is 384 g/mol. The predicted molar refractivity (Wildman–Crippen MR) is 102 cm³/mol. The van der Waals surface area contributed by atoms with Crippen molar-refractivity contribution in [2.45, 2.75) is 43.9 Å². The fourth-order valence-electron chi connectivity index (χ4n) is 3.93. The summed E-state index contributed by atoms with van der Waals surface area (Å²) in [5.41, 5.74) is 7.06. The van der Waals surface area contributed by atoms with Gasteiger partial charge < -0.3 is 30.7 Å². The number of aliphatic hydroxyl groups excluding tert-OH is 1. The summed E-state index contributed by atoms with van der Waals surface area (Å²) < 4.78 is 10.8. The summed E-state index contributed by atoms with van der Waals surface area (Å²) in [6.07, 6.45) is 2.88. The maximum absolute atomic E-state index is 11.4. The molecular weight excluding hydrogens is 360 g/mol. The van der Waals surface area contributed by atoms with Crippen LogP contribution in [0, 0.1) is 0 Å². The lowest BCUT2D eigenvalue weighted by molar-refractivity contribution is 0.0996. The van der Waals surface area contributed by atoms with Gasteiger partial charge in [0.1, 0.15) is 5.75 Å². The molecule has 3 unspecified atom stereocenters. The van der Waals surface area contributed by atoms with E-state index >= 15 is 0 Å². The van der Waals surface area contributed by atoms with Crippen LogP contribution in [0.5, 0.6) is 17.2 Å². The van der Waals surface area contributed by atoms with Crippen LogP contribution < -0.4 is 20.5 Å². The zero-order chi connectivity index (χ0) is 19.7. The molecule has 5 N–H and O–H groups in total. The smallest absolute Gasteiger partial charge is 0.252 e. The minimum atomic E-state index is -0.769. The van der Waals surface area contributed by atoms with Gasteiger partial charge >= 0.3 is 0 Å². The topological polar surface area (TPSA) is 114 Å². The molecule has 2 aliphatic rings. The molecule has 0 aromatic heterocycles. The number of benzene rings is 2. The van der Waals surface area contributed by atoms with Gasteiger partial charge in [-0.25, -0.2) is 0 Å². The van der Waals surface area contributed by atoms with Crippen LogP contribution in [0.25, 0.3) is 0 Å². The molecule has 1 fully saturated rings. The van der Waals surface area contributed by atoms with Crippen LogP contribution in [-0.2, 0) is 6.42 Å². The first-order chi connectivity index (χ1) is 13.5. The van der Waals surface area contributed by atoms with E-state index in [1.54, 1.807) is 6.07 Å². The van der Waals surface area contributed by atoms with E-state index in [4.69, 9.17) is 15.2 Å². The van der Waals surface area contributed by atoms with Crippen LogP contribution in [-0.4, -0.2) is 35.0 Å². The molecule has 7 heteroatoms. The Morgan fingerprint density at radius 2 is 2.00 bits per heavy atom. The quantitative estimate of drug-likeness (QED) is 0.606. The first-order valence-corrected chi connectivity index (χ1v) is 9.46. The summed E-state index contributed by atoms with van der Waals surface area (Å²) in [5, 5.41) is 23.9. The molecule has 148 valence electrons. The van der Waals surface area contributed by atoms with Crippen LogP contribution >= 0.6 is 0 Å². The number of carbonyl (C=O) groups is 1. The minimum absolute atomic E-state index is 0.0221. The number of aromatic hydroxyl groups is 1. The lowest BCUT2D eigenvalue weighted by Crippen LogP contribution is -2.34. The van der Waals surface area contributed by atoms with Crippen molar-refractivity contribution in [3.63, 3.8) is 0 Å². The highest BCUT2D eigenvalue weighted by atomic mass is 16.7. The normalized spacial score (nSPS) is 21.6. The van der Waals surface area contributed by atoms with Crippen molar-refractivity contribution in [1.82, 2.24) is 5.32 Å². The van der Waals surface area contributed by atoms with Gasteiger partial charge in [0.15, 0.2) is 11.5 Å². The molecule has 2 heterocycles. The first-order valence-electron chi connectivity index (χ1n) is 9.46. The standard InChI is InChI=1S/C21H24N2O5/c22-21(26)15-10-13(3-7-17(15)24)20(25)16-6-5-14(23-16)4-1-12-2-8-18-19(9-12)28-11-27-18/h2-3,7-10,14,16,20,23-25H,1,4-6,11H2,(H2,22,26). The summed E-state index contributed by atoms with van der Waals surface area (Å²) in [6.45, 7) is 0.275. The number of ether oxygens (including phenoxy) is 2. The summed E-state index contributed by atoms with van der Waals surface area (Å²) in [4.78, 5) is 11.4. The molecular formula is C21H24N2O5. The van der Waals surface area contributed by atoms with Gasteiger partial charge in [0, 0.05) is 12.1 Å². The third-order valence-corrected chi connectivity index (χ3v) is 5.50. The third kappa shape index (κ3) is 3.76. The Kier molecular flexibility index (Phi) is 5.11. The number of hydrogen-bond acceptors (Lipinski definition) is 6. The Hall–Kier alpha value is -2.77. The number of aliphatic hydroxyl groups is 1. The molecule has 2 aliphatic heterocycles. The highest BCUT2D eigenvalue weighted by molar-refractivity contribution is 5.95. The van der Waals surface area contributed by atoms with Crippen molar-refractivity contribution >= 4 is 5.91 Å². The highest BCUT2D eigenvalue weighted by Crippen LogP contribution is 2.34. The molecule has 0 saturated carbocycles. The molecule has 7 nitrogen and oxygen atoms in total. The zero-order valence-electron chi connectivity index (χ0n) is 15.4. The van der Waals surface area contributed by atoms with E-state index < -0.39 is 12.0 Å². The number of fused-ring (bicyclic) bond motifs is 1. The fraction of sp³-hybridized carbons (Fsp3) is 0.381. The van der Waals surface area contributed by atoms with Crippen LogP contribution in [0.4, 0.5) is 0 Å². The van der Waals surface area contributed by atoms with Crippen molar-refractivity contribution in [3.05, 3.63) is 53.1 Å². The predicted octanol–water partition coefficient (Wildman–Crippen LogP) is 2.01. The van der Waals surface area contributed by atoms with Gasteiger partial charge in [-0.3, -0.25) is 4.79 Å². The van der Waals surface area contributed by atoms with E-state index in [-0.39, 0.29) is 24.1 Å². The van der Waals surface area contributed by atoms with Gasteiger partial charge in [-0.15, -0.1) is 0 Å². The van der Waals surface area contributed by atoms with Crippen LogP contribution in [0.15, 0.2) is 36.4 Å². The van der Waals surface area contributed by atoms with Crippen molar-refractivity contribution in [1.29, 1.82) is 0 Å². The Labute approximate surface area is 163 Å². The van der Waals surface area contributed by atoms with Crippen molar-refractivity contribution in [2.75, 3.05) is 6.79 Å². The molecule has 0 bridgehead atoms. The number of amides is 1. The highest BCUT2D eigenvalue weighted by Gasteiger charge is 2.30. The van der Waals surface area contributed by atoms with Gasteiger partial charge in [-0.2, -0.15) is 0 Å². The number of hydrogen-bond donors (Lipinski definition) is 4. The van der Waals surface area contributed by atoms with Gasteiger partial charge in [0.2, 0.25) is 6.79 Å². The Bertz CT molecular complexity index is 885. The molecule has 0 spiro atoms. The molecule has 1 amide bonds. The van der Waals surface area contributed by atoms with E-state index in [0.29, 0.717) is 11.6 Å². The van der Waals surface area contributed by atoms with Crippen LogP contribution in [0.2, 0.25) is 0 Å². The van der Waals surface area contributed by atoms with E-state index in [1.807, 2.05) is 12.1 Å². The third-order valence-electron chi connectivity index (χ3n) is 5.50. The monoisotopic (exact) mass is 384 g/mol. The largest absolute Gasteiger partial charge is 0.507 e. The molecule has 0 aliphatic carbocycles. The summed E-state index contributed by atoms with van der Waals surface area (Å²) in [5.74, 6) is 0.690. The second-order valence-electron chi connectivity index (χ2n) is 7.36. The number of nitrogens with one attached hydrogen (secondary N) is 1. The fourth-order valence-corrected chi connectivity index (χ4v) is 3.93. The summed E-state index contributed by atoms with van der Waals surface area (Å²) in [7, 11) is 0. The van der Waals surface area contributed by atoms with E-state index in [1.165, 1.54) is 17.7 Å². The second-order valence-corrected chi connectivity index (χ2v) is 7.36. The van der Waals surface area contributed by atoms with Crippen molar-refractivity contribution in [3.8, 4) is 17.2 Å². The van der Waals surface area contributed by atoms with Gasteiger partial charge in [0.05, 0.1) is 11.7 Å². The van der Waals surface area contributed by atoms with E-state index in [0.717, 1.165) is 37.2 Å². The number of aryl methyl sites for hydroxylation is 1. The lowest BCUT2D eigenvalue weighted by Gasteiger charge is -2.21. The maximum atomic E-state index is 11.4. The molecule has 1 saturated heterocycles.